The molecule has 0 N–H and O–H groups in total. The summed E-state index contributed by atoms with van der Waals surface area (Å²) in [5, 5.41) is 5.24. The number of aromatic nitrogens is 3. The molecule has 0 amide bonds. The molecule has 0 fully saturated rings. The fourth-order valence-corrected chi connectivity index (χ4v) is 4.04. The molecule has 0 spiro atoms. The van der Waals surface area contributed by atoms with Gasteiger partial charge in [-0.15, -0.1) is 0 Å². The van der Waals surface area contributed by atoms with Gasteiger partial charge in [0, 0.05) is 35.5 Å². The predicted molar refractivity (Wildman–Crippen MR) is 102 cm³/mol. The Balaban J connectivity index is 1.67. The van der Waals surface area contributed by atoms with Gasteiger partial charge in [-0.1, -0.05) is 23.7 Å². The zero-order chi connectivity index (χ0) is 18.5. The molecule has 0 aliphatic heterocycles. The highest BCUT2D eigenvalue weighted by Crippen LogP contribution is 2.34. The van der Waals surface area contributed by atoms with Crippen LogP contribution in [0.1, 0.15) is 39.8 Å². The van der Waals surface area contributed by atoms with E-state index in [1.54, 1.807) is 17.0 Å². The number of benzene rings is 1. The Kier molecular flexibility index (Phi) is 3.65. The van der Waals surface area contributed by atoms with Gasteiger partial charge in [-0.2, -0.15) is 5.10 Å². The molecule has 0 radical (unpaired) electrons. The first kappa shape index (κ1) is 16.3. The van der Waals surface area contributed by atoms with Crippen molar-refractivity contribution in [2.24, 2.45) is 0 Å². The molecule has 0 saturated carbocycles. The summed E-state index contributed by atoms with van der Waals surface area (Å²) < 4.78 is 7.23. The Morgan fingerprint density at radius 2 is 2.11 bits per heavy atom. The lowest BCUT2D eigenvalue weighted by atomic mass is 9.85. The van der Waals surface area contributed by atoms with Crippen LogP contribution in [0, 0.1) is 6.92 Å². The molecule has 1 aromatic carbocycles. The van der Waals surface area contributed by atoms with E-state index in [-0.39, 0.29) is 11.7 Å². The molecule has 27 heavy (non-hydrogen) atoms. The van der Waals surface area contributed by atoms with Crippen molar-refractivity contribution in [1.29, 1.82) is 0 Å². The maximum absolute atomic E-state index is 12.7. The van der Waals surface area contributed by atoms with Crippen molar-refractivity contribution in [2.45, 2.75) is 25.7 Å². The molecule has 1 unspecified atom stereocenters. The maximum Gasteiger partial charge on any atom is 0.167 e. The van der Waals surface area contributed by atoms with Gasteiger partial charge < -0.3 is 4.42 Å². The molecule has 1 atom stereocenters. The Labute approximate surface area is 160 Å². The van der Waals surface area contributed by atoms with E-state index in [9.17, 15) is 4.79 Å². The largest absolute Gasteiger partial charge is 0.469 e. The zero-order valence-corrected chi connectivity index (χ0v) is 15.4. The maximum atomic E-state index is 12.7. The molecule has 1 aliphatic rings. The van der Waals surface area contributed by atoms with Gasteiger partial charge in [0.2, 0.25) is 0 Å². The summed E-state index contributed by atoms with van der Waals surface area (Å²) in [7, 11) is 0. The van der Waals surface area contributed by atoms with Crippen LogP contribution in [-0.2, 0) is 6.42 Å². The Bertz CT molecular complexity index is 1180. The summed E-state index contributed by atoms with van der Waals surface area (Å²) in [6, 6.07) is 11.4. The number of nitrogens with zero attached hydrogens (tertiary/aromatic N) is 3. The van der Waals surface area contributed by atoms with Gasteiger partial charge in [0.25, 0.3) is 0 Å². The Hall–Kier alpha value is -2.92. The summed E-state index contributed by atoms with van der Waals surface area (Å²) in [5.41, 5.74) is 4.93. The zero-order valence-electron chi connectivity index (χ0n) is 14.6. The number of halogens is 1. The summed E-state index contributed by atoms with van der Waals surface area (Å²) >= 11 is 6.17. The number of hydrogen-bond donors (Lipinski definition) is 0. The first-order chi connectivity index (χ1) is 13.1. The number of aryl methyl sites for hydroxylation is 1. The van der Waals surface area contributed by atoms with E-state index in [0.29, 0.717) is 23.4 Å². The van der Waals surface area contributed by atoms with Crippen molar-refractivity contribution in [3.8, 4) is 11.1 Å². The molecule has 4 aromatic rings. The highest BCUT2D eigenvalue weighted by molar-refractivity contribution is 6.30. The topological polar surface area (TPSA) is 60.4 Å². The van der Waals surface area contributed by atoms with Gasteiger partial charge in [-0.25, -0.2) is 9.50 Å². The SMILES string of the molecule is Cc1nn2cc3c(nc2c1-c1cccc(Cl)c1)CC(c1ccco1)CC3=O. The summed E-state index contributed by atoms with van der Waals surface area (Å²) in [4.78, 5) is 17.5. The van der Waals surface area contributed by atoms with Crippen LogP contribution < -0.4 is 0 Å². The van der Waals surface area contributed by atoms with E-state index < -0.39 is 0 Å². The van der Waals surface area contributed by atoms with Crippen molar-refractivity contribution in [2.75, 3.05) is 0 Å². The molecule has 1 aliphatic carbocycles. The first-order valence-corrected chi connectivity index (χ1v) is 9.19. The minimum atomic E-state index is 0.0218. The third-order valence-corrected chi connectivity index (χ3v) is 5.33. The number of fused-ring (bicyclic) bond motifs is 2. The van der Waals surface area contributed by atoms with Crippen molar-refractivity contribution < 1.29 is 9.21 Å². The molecular formula is C21H16ClN3O2. The lowest BCUT2D eigenvalue weighted by molar-refractivity contribution is 0.0958. The average molecular weight is 378 g/mol. The second-order valence-electron chi connectivity index (χ2n) is 6.88. The minimum Gasteiger partial charge on any atom is -0.469 e. The van der Waals surface area contributed by atoms with Gasteiger partial charge in [0.05, 0.1) is 23.2 Å². The molecule has 6 heteroatoms. The second kappa shape index (κ2) is 6.06. The van der Waals surface area contributed by atoms with Gasteiger partial charge >= 0.3 is 0 Å². The lowest BCUT2D eigenvalue weighted by Gasteiger charge is -2.21. The minimum absolute atomic E-state index is 0.0218. The molecule has 0 bridgehead atoms. The van der Waals surface area contributed by atoms with Crippen LogP contribution in [0.3, 0.4) is 0 Å². The fourth-order valence-electron chi connectivity index (χ4n) is 3.85. The Morgan fingerprint density at radius 1 is 1.22 bits per heavy atom. The van der Waals surface area contributed by atoms with Crippen molar-refractivity contribution in [3.63, 3.8) is 0 Å². The van der Waals surface area contributed by atoms with Crippen LogP contribution in [0.2, 0.25) is 5.02 Å². The van der Waals surface area contributed by atoms with Crippen LogP contribution in [0.5, 0.6) is 0 Å². The van der Waals surface area contributed by atoms with E-state index in [1.807, 2.05) is 43.3 Å². The third kappa shape index (κ3) is 2.66. The average Bonchev–Trinajstić information content (AvgIpc) is 3.27. The van der Waals surface area contributed by atoms with Crippen molar-refractivity contribution in [1.82, 2.24) is 14.6 Å². The smallest absolute Gasteiger partial charge is 0.167 e. The van der Waals surface area contributed by atoms with Gasteiger partial charge in [-0.05, 0) is 36.8 Å². The van der Waals surface area contributed by atoms with Crippen LogP contribution in [0.4, 0.5) is 0 Å². The number of hydrogen-bond acceptors (Lipinski definition) is 4. The third-order valence-electron chi connectivity index (χ3n) is 5.09. The van der Waals surface area contributed by atoms with Crippen molar-refractivity contribution >= 4 is 23.0 Å². The van der Waals surface area contributed by atoms with E-state index >= 15 is 0 Å². The summed E-state index contributed by atoms with van der Waals surface area (Å²) in [6.45, 7) is 1.94. The van der Waals surface area contributed by atoms with Crippen LogP contribution in [-0.4, -0.2) is 20.4 Å². The number of Topliss-reactive ketones (excluding diaryl/α,β-unsaturated/α-hetero) is 1. The quantitative estimate of drug-likeness (QED) is 0.500. The van der Waals surface area contributed by atoms with Crippen molar-refractivity contribution in [3.05, 3.63) is 76.6 Å². The van der Waals surface area contributed by atoms with E-state index in [0.717, 1.165) is 33.9 Å². The molecular weight excluding hydrogens is 362 g/mol. The van der Waals surface area contributed by atoms with Gasteiger partial charge in [-0.3, -0.25) is 4.79 Å². The number of ketones is 1. The van der Waals surface area contributed by atoms with Gasteiger partial charge in [0.1, 0.15) is 5.76 Å². The molecule has 3 heterocycles. The molecule has 0 saturated heterocycles. The van der Waals surface area contributed by atoms with Crippen LogP contribution >= 0.6 is 11.6 Å². The standard InChI is InChI=1S/C21H16ClN3O2/c1-12-20(13-4-2-5-15(22)8-13)21-23-17-9-14(19-6-3-7-27-19)10-18(26)16(17)11-25(21)24-12/h2-8,11,14H,9-10H2,1H3. The second-order valence-corrected chi connectivity index (χ2v) is 7.32. The number of carbonyl (C=O) groups is 1. The van der Waals surface area contributed by atoms with E-state index in [2.05, 4.69) is 5.10 Å². The van der Waals surface area contributed by atoms with E-state index in [1.165, 1.54) is 0 Å². The highest BCUT2D eigenvalue weighted by Gasteiger charge is 2.30. The molecule has 5 rings (SSSR count). The first-order valence-electron chi connectivity index (χ1n) is 8.81. The lowest BCUT2D eigenvalue weighted by Crippen LogP contribution is -2.21. The Morgan fingerprint density at radius 3 is 2.89 bits per heavy atom. The normalized spacial score (nSPS) is 16.7. The monoisotopic (exact) mass is 377 g/mol. The van der Waals surface area contributed by atoms with E-state index in [4.69, 9.17) is 21.0 Å². The summed E-state index contributed by atoms with van der Waals surface area (Å²) in [5.74, 6) is 0.925. The number of rotatable bonds is 2. The molecule has 3 aromatic heterocycles. The molecule has 5 nitrogen and oxygen atoms in total. The van der Waals surface area contributed by atoms with Crippen LogP contribution in [0.25, 0.3) is 16.8 Å². The van der Waals surface area contributed by atoms with Gasteiger partial charge in [0.15, 0.2) is 11.4 Å². The van der Waals surface area contributed by atoms with Crippen LogP contribution in [0.15, 0.2) is 53.3 Å². The number of carbonyl (C=O) groups excluding carboxylic acids is 1. The number of furan rings is 1. The molecule has 134 valence electrons. The predicted octanol–water partition coefficient (Wildman–Crippen LogP) is 4.86. The highest BCUT2D eigenvalue weighted by atomic mass is 35.5. The fraction of sp³-hybridized carbons (Fsp3) is 0.190. The summed E-state index contributed by atoms with van der Waals surface area (Å²) in [6.07, 6.45) is 4.54.